The zero-order valence-corrected chi connectivity index (χ0v) is 10.7. The number of hydrogen-bond donors (Lipinski definition) is 0. The molecule has 0 saturated carbocycles. The van der Waals surface area contributed by atoms with E-state index >= 15 is 0 Å². The van der Waals surface area contributed by atoms with Crippen molar-refractivity contribution < 1.29 is 4.57 Å². The van der Waals surface area contributed by atoms with Crippen molar-refractivity contribution in [2.75, 3.05) is 0 Å². The minimum absolute atomic E-state index is 0.879. The summed E-state index contributed by atoms with van der Waals surface area (Å²) in [7, 11) is -2.60. The van der Waals surface area contributed by atoms with Crippen LogP contribution in [0, 0.1) is 0 Å². The molecule has 17 heavy (non-hydrogen) atoms. The normalized spacial score (nSPS) is 11.8. The topological polar surface area (TPSA) is 17.1 Å². The highest BCUT2D eigenvalue weighted by Gasteiger charge is 2.22. The van der Waals surface area contributed by atoms with Gasteiger partial charge in [-0.25, -0.2) is 0 Å². The zero-order chi connectivity index (χ0) is 12.1. The van der Waals surface area contributed by atoms with E-state index in [9.17, 15) is 4.57 Å². The molecule has 0 aliphatic rings. The average Bonchev–Trinajstić information content (AvgIpc) is 2.41. The van der Waals surface area contributed by atoms with Crippen LogP contribution in [-0.4, -0.2) is 0 Å². The van der Waals surface area contributed by atoms with Gasteiger partial charge in [0.25, 0.3) is 0 Å². The van der Waals surface area contributed by atoms with Gasteiger partial charge in [0.15, 0.2) is 7.14 Å². The predicted molar refractivity (Wildman–Crippen MR) is 74.6 cm³/mol. The highest BCUT2D eigenvalue weighted by atomic mass is 31.2. The van der Waals surface area contributed by atoms with Crippen LogP contribution in [0.2, 0.25) is 0 Å². The van der Waals surface area contributed by atoms with E-state index in [0.29, 0.717) is 0 Å². The van der Waals surface area contributed by atoms with Crippen molar-refractivity contribution in [3.05, 3.63) is 72.6 Å². The van der Waals surface area contributed by atoms with Gasteiger partial charge < -0.3 is 4.57 Å². The summed E-state index contributed by atoms with van der Waals surface area (Å²) in [5.41, 5.74) is 0. The van der Waals surface area contributed by atoms with Crippen molar-refractivity contribution in [1.82, 2.24) is 0 Å². The molecule has 0 amide bonds. The summed E-state index contributed by atoms with van der Waals surface area (Å²) < 4.78 is 13.1. The molecule has 0 aromatic heterocycles. The fraction of sp³-hybridized carbons (Fsp3) is 0.0667. The molecule has 2 heteroatoms. The summed E-state index contributed by atoms with van der Waals surface area (Å²) in [6.45, 7) is 1.90. The van der Waals surface area contributed by atoms with Crippen molar-refractivity contribution in [2.45, 2.75) is 6.92 Å². The van der Waals surface area contributed by atoms with Gasteiger partial charge in [-0.1, -0.05) is 66.7 Å². The van der Waals surface area contributed by atoms with Gasteiger partial charge >= 0.3 is 0 Å². The van der Waals surface area contributed by atoms with E-state index < -0.39 is 7.14 Å². The Kier molecular flexibility index (Phi) is 3.61. The van der Waals surface area contributed by atoms with Gasteiger partial charge in [0.1, 0.15) is 0 Å². The number of allylic oxidation sites excluding steroid dienone is 1. The van der Waals surface area contributed by atoms with Crippen LogP contribution in [0.15, 0.2) is 72.6 Å². The fourth-order valence-corrected chi connectivity index (χ4v) is 4.12. The van der Waals surface area contributed by atoms with Gasteiger partial charge in [-0.15, -0.1) is 0 Å². The van der Waals surface area contributed by atoms with Crippen LogP contribution in [0.25, 0.3) is 0 Å². The first-order chi connectivity index (χ1) is 8.27. The third-order valence-corrected chi connectivity index (χ3v) is 5.49. The molecule has 2 aromatic carbocycles. The summed E-state index contributed by atoms with van der Waals surface area (Å²) in [5.74, 6) is 1.82. The Bertz CT molecular complexity index is 500. The summed E-state index contributed by atoms with van der Waals surface area (Å²) in [6, 6.07) is 19.3. The van der Waals surface area contributed by atoms with Gasteiger partial charge in [-0.2, -0.15) is 0 Å². The Balaban J connectivity index is 2.60. The summed E-state index contributed by atoms with van der Waals surface area (Å²) in [5, 5.41) is 1.76. The third-order valence-electron chi connectivity index (χ3n) is 2.64. The minimum Gasteiger partial charge on any atom is -0.309 e. The lowest BCUT2D eigenvalue weighted by Gasteiger charge is -2.14. The summed E-state index contributed by atoms with van der Waals surface area (Å²) in [6.07, 6.45) is 1.86. The predicted octanol–water partition coefficient (Wildman–Crippen LogP) is 3.53. The smallest absolute Gasteiger partial charge is 0.163 e. The van der Waals surface area contributed by atoms with Crippen LogP contribution in [0.5, 0.6) is 0 Å². The van der Waals surface area contributed by atoms with Crippen molar-refractivity contribution in [3.63, 3.8) is 0 Å². The first-order valence-electron chi connectivity index (χ1n) is 5.62. The molecule has 0 N–H and O–H groups in total. The maximum atomic E-state index is 13.1. The SMILES string of the molecule is C/C=C\P(=O)(c1ccccc1)c1ccccc1. The van der Waals surface area contributed by atoms with E-state index in [4.69, 9.17) is 0 Å². The molecule has 0 radical (unpaired) electrons. The first-order valence-corrected chi connectivity index (χ1v) is 7.40. The average molecular weight is 242 g/mol. The lowest BCUT2D eigenvalue weighted by atomic mass is 10.4. The molecule has 86 valence electrons. The molecule has 0 atom stereocenters. The maximum Gasteiger partial charge on any atom is 0.163 e. The van der Waals surface area contributed by atoms with E-state index in [0.717, 1.165) is 10.6 Å². The van der Waals surface area contributed by atoms with Crippen molar-refractivity contribution in [2.24, 2.45) is 0 Å². The second kappa shape index (κ2) is 5.16. The lowest BCUT2D eigenvalue weighted by molar-refractivity contribution is 0.592. The monoisotopic (exact) mass is 242 g/mol. The van der Waals surface area contributed by atoms with Crippen LogP contribution >= 0.6 is 7.14 Å². The second-order valence-corrected chi connectivity index (χ2v) is 6.46. The van der Waals surface area contributed by atoms with E-state index in [-0.39, 0.29) is 0 Å². The van der Waals surface area contributed by atoms with Gasteiger partial charge in [0.2, 0.25) is 0 Å². The van der Waals surface area contributed by atoms with Gasteiger partial charge in [-0.3, -0.25) is 0 Å². The fourth-order valence-electron chi connectivity index (χ4n) is 1.83. The van der Waals surface area contributed by atoms with E-state index in [1.54, 1.807) is 0 Å². The molecule has 0 fully saturated rings. The Morgan fingerprint density at radius 3 is 1.59 bits per heavy atom. The zero-order valence-electron chi connectivity index (χ0n) is 9.78. The standard InChI is InChI=1S/C15H15OP/c1-2-13-17(16,14-9-5-3-6-10-14)15-11-7-4-8-12-15/h2-13H,1H3/b13-2-. The van der Waals surface area contributed by atoms with E-state index in [1.807, 2.05) is 79.5 Å². The molecule has 0 saturated heterocycles. The molecule has 1 nitrogen and oxygen atoms in total. The molecule has 0 aliphatic carbocycles. The molecule has 0 heterocycles. The molecule has 2 rings (SSSR count). The Labute approximate surface area is 102 Å². The third kappa shape index (κ3) is 2.40. The molecule has 0 spiro atoms. The van der Waals surface area contributed by atoms with E-state index in [1.165, 1.54) is 0 Å². The van der Waals surface area contributed by atoms with Crippen LogP contribution in [0.4, 0.5) is 0 Å². The highest BCUT2D eigenvalue weighted by molar-refractivity contribution is 7.81. The van der Waals surface area contributed by atoms with Gasteiger partial charge in [-0.05, 0) is 12.7 Å². The largest absolute Gasteiger partial charge is 0.309 e. The molecule has 2 aromatic rings. The molecular formula is C15H15OP. The van der Waals surface area contributed by atoms with Gasteiger partial charge in [0, 0.05) is 10.6 Å². The number of hydrogen-bond acceptors (Lipinski definition) is 1. The molecule has 0 bridgehead atoms. The van der Waals surface area contributed by atoms with Crippen LogP contribution < -0.4 is 10.6 Å². The number of rotatable bonds is 3. The van der Waals surface area contributed by atoms with Gasteiger partial charge in [0.05, 0.1) is 0 Å². The molecular weight excluding hydrogens is 227 g/mol. The van der Waals surface area contributed by atoms with Crippen molar-refractivity contribution in [3.8, 4) is 0 Å². The molecule has 0 unspecified atom stereocenters. The first kappa shape index (κ1) is 11.9. The maximum absolute atomic E-state index is 13.1. The Hall–Kier alpha value is -1.59. The van der Waals surface area contributed by atoms with Crippen LogP contribution in [0.1, 0.15) is 6.92 Å². The van der Waals surface area contributed by atoms with Crippen LogP contribution in [-0.2, 0) is 4.57 Å². The van der Waals surface area contributed by atoms with Crippen molar-refractivity contribution >= 4 is 17.8 Å². The second-order valence-electron chi connectivity index (χ2n) is 3.81. The molecule has 0 aliphatic heterocycles. The Morgan fingerprint density at radius 1 is 0.824 bits per heavy atom. The van der Waals surface area contributed by atoms with E-state index in [2.05, 4.69) is 0 Å². The van der Waals surface area contributed by atoms with Crippen LogP contribution in [0.3, 0.4) is 0 Å². The summed E-state index contributed by atoms with van der Waals surface area (Å²) >= 11 is 0. The summed E-state index contributed by atoms with van der Waals surface area (Å²) in [4.78, 5) is 0. The highest BCUT2D eigenvalue weighted by Crippen LogP contribution is 2.44. The lowest BCUT2D eigenvalue weighted by Crippen LogP contribution is -2.13. The number of benzene rings is 2. The quantitative estimate of drug-likeness (QED) is 0.752. The Morgan fingerprint density at radius 2 is 1.24 bits per heavy atom. The van der Waals surface area contributed by atoms with Crippen molar-refractivity contribution in [1.29, 1.82) is 0 Å². The minimum atomic E-state index is -2.60.